The summed E-state index contributed by atoms with van der Waals surface area (Å²) in [5, 5.41) is 5.34. The van der Waals surface area contributed by atoms with Crippen LogP contribution >= 0.6 is 0 Å². The molecule has 0 bridgehead atoms. The normalized spacial score (nSPS) is 9.92. The van der Waals surface area contributed by atoms with Crippen molar-refractivity contribution in [2.45, 2.75) is 6.54 Å². The zero-order valence-electron chi connectivity index (χ0n) is 7.45. The van der Waals surface area contributed by atoms with Crippen molar-refractivity contribution in [1.29, 1.82) is 0 Å². The minimum Gasteiger partial charge on any atom is -0.421 e. The number of aromatic nitrogens is 2. The molecule has 0 spiro atoms. The summed E-state index contributed by atoms with van der Waals surface area (Å²) in [6.45, 7) is 1.47. The van der Waals surface area contributed by atoms with Crippen LogP contribution in [0.3, 0.4) is 0 Å². The maximum Gasteiger partial charge on any atom is 0.224 e. The Morgan fingerprint density at radius 3 is 3.08 bits per heavy atom. The minimum absolute atomic E-state index is 0.408. The Balaban J connectivity index is 2.81. The molecule has 0 atom stereocenters. The van der Waals surface area contributed by atoms with Crippen molar-refractivity contribution in [3.8, 4) is 0 Å². The lowest BCUT2D eigenvalue weighted by Gasteiger charge is -2.03. The van der Waals surface area contributed by atoms with Gasteiger partial charge in [-0.25, -0.2) is 4.98 Å². The van der Waals surface area contributed by atoms with Gasteiger partial charge in [0.1, 0.15) is 11.5 Å². The predicted molar refractivity (Wildman–Crippen MR) is 50.9 cm³/mol. The fraction of sp³-hybridized carbons (Fsp3) is 0.429. The van der Waals surface area contributed by atoms with Gasteiger partial charge in [0.2, 0.25) is 7.98 Å². The van der Waals surface area contributed by atoms with Crippen molar-refractivity contribution in [3.05, 3.63) is 12.0 Å². The smallest absolute Gasteiger partial charge is 0.224 e. The average Bonchev–Trinajstić information content (AvgIpc) is 2.56. The van der Waals surface area contributed by atoms with Crippen molar-refractivity contribution in [2.24, 2.45) is 0 Å². The molecule has 1 heterocycles. The highest BCUT2D eigenvalue weighted by atomic mass is 16.1. The van der Waals surface area contributed by atoms with Gasteiger partial charge < -0.3 is 15.1 Å². The van der Waals surface area contributed by atoms with E-state index in [1.165, 1.54) is 0 Å². The van der Waals surface area contributed by atoms with E-state index in [4.69, 9.17) is 7.98 Å². The van der Waals surface area contributed by atoms with Crippen LogP contribution in [0, 0.1) is 0 Å². The summed E-state index contributed by atoms with van der Waals surface area (Å²) in [4.78, 5) is 14.6. The third-order valence-electron chi connectivity index (χ3n) is 1.73. The van der Waals surface area contributed by atoms with Gasteiger partial charge in [-0.05, 0) is 7.05 Å². The summed E-state index contributed by atoms with van der Waals surface area (Å²) in [7, 11) is 7.01. The Morgan fingerprint density at radius 2 is 2.54 bits per heavy atom. The van der Waals surface area contributed by atoms with Crippen LogP contribution in [0.1, 0.15) is 10.5 Å². The third-order valence-corrected chi connectivity index (χ3v) is 1.73. The molecule has 0 amide bonds. The van der Waals surface area contributed by atoms with Crippen LogP contribution in [0.15, 0.2) is 6.33 Å². The molecule has 2 radical (unpaired) electrons. The van der Waals surface area contributed by atoms with Crippen LogP contribution in [-0.4, -0.2) is 37.4 Å². The highest BCUT2D eigenvalue weighted by molar-refractivity contribution is 6.16. The lowest BCUT2D eigenvalue weighted by molar-refractivity contribution is 0.111. The van der Waals surface area contributed by atoms with Gasteiger partial charge in [-0.2, -0.15) is 0 Å². The van der Waals surface area contributed by atoms with E-state index in [0.717, 1.165) is 12.8 Å². The number of rotatable bonds is 5. The summed E-state index contributed by atoms with van der Waals surface area (Å²) in [5.74, 6) is 0.408. The van der Waals surface area contributed by atoms with Crippen LogP contribution in [0.2, 0.25) is 0 Å². The molecular formula is C7H11BN4O. The number of anilines is 1. The van der Waals surface area contributed by atoms with E-state index in [1.54, 1.807) is 10.9 Å². The standard InChI is InChI=1S/C7H11BN4O/c1-9-2-3-12-5-10-7(11-8)6(12)4-13/h4-5,9,11H,2-3H2,1H3. The van der Waals surface area contributed by atoms with Gasteiger partial charge >= 0.3 is 0 Å². The Kier molecular flexibility index (Phi) is 3.51. The van der Waals surface area contributed by atoms with E-state index in [0.29, 0.717) is 18.1 Å². The summed E-state index contributed by atoms with van der Waals surface area (Å²) < 4.78 is 1.73. The number of nitrogens with zero attached hydrogens (tertiary/aromatic N) is 2. The van der Waals surface area contributed by atoms with Gasteiger partial charge in [0.15, 0.2) is 6.29 Å². The molecule has 13 heavy (non-hydrogen) atoms. The van der Waals surface area contributed by atoms with Crippen molar-refractivity contribution in [2.75, 3.05) is 18.8 Å². The number of aldehydes is 1. The second-order valence-electron chi connectivity index (χ2n) is 2.54. The first-order valence-electron chi connectivity index (χ1n) is 3.95. The van der Waals surface area contributed by atoms with Crippen molar-refractivity contribution < 1.29 is 4.79 Å². The first kappa shape index (κ1) is 9.79. The molecule has 1 aromatic heterocycles. The first-order valence-corrected chi connectivity index (χ1v) is 3.95. The second kappa shape index (κ2) is 4.66. The van der Waals surface area contributed by atoms with Crippen LogP contribution < -0.4 is 10.5 Å². The quantitative estimate of drug-likeness (QED) is 0.467. The molecule has 1 rings (SSSR count). The molecule has 1 aromatic rings. The number of nitrogens with one attached hydrogen (secondary N) is 2. The van der Waals surface area contributed by atoms with Crippen molar-refractivity contribution in [3.63, 3.8) is 0 Å². The highest BCUT2D eigenvalue weighted by Crippen LogP contribution is 2.09. The second-order valence-corrected chi connectivity index (χ2v) is 2.54. The maximum absolute atomic E-state index is 10.7. The fourth-order valence-electron chi connectivity index (χ4n) is 1.04. The Morgan fingerprint density at radius 1 is 1.77 bits per heavy atom. The van der Waals surface area contributed by atoms with Gasteiger partial charge in [0, 0.05) is 13.1 Å². The molecule has 0 aliphatic rings. The molecule has 0 saturated carbocycles. The molecule has 0 aliphatic heterocycles. The Hall–Kier alpha value is -1.30. The molecule has 6 heteroatoms. The summed E-state index contributed by atoms with van der Waals surface area (Å²) >= 11 is 0. The lowest BCUT2D eigenvalue weighted by Crippen LogP contribution is -2.16. The van der Waals surface area contributed by atoms with E-state index in [-0.39, 0.29) is 0 Å². The third kappa shape index (κ3) is 2.09. The molecule has 68 valence electrons. The van der Waals surface area contributed by atoms with Crippen LogP contribution in [-0.2, 0) is 6.54 Å². The van der Waals surface area contributed by atoms with Gasteiger partial charge in [-0.3, -0.25) is 4.79 Å². The molecule has 2 N–H and O–H groups in total. The lowest BCUT2D eigenvalue weighted by atomic mass is 10.3. The maximum atomic E-state index is 10.7. The van der Waals surface area contributed by atoms with Crippen molar-refractivity contribution in [1.82, 2.24) is 14.9 Å². The van der Waals surface area contributed by atoms with Crippen LogP contribution in [0.25, 0.3) is 0 Å². The highest BCUT2D eigenvalue weighted by Gasteiger charge is 2.06. The minimum atomic E-state index is 0.408. The predicted octanol–water partition coefficient (Wildman–Crippen LogP) is -0.590. The average molecular weight is 178 g/mol. The monoisotopic (exact) mass is 178 g/mol. The molecule has 5 nitrogen and oxygen atoms in total. The van der Waals surface area contributed by atoms with E-state index >= 15 is 0 Å². The summed E-state index contributed by atoms with van der Waals surface area (Å²) in [6, 6.07) is 0. The van der Waals surface area contributed by atoms with Gasteiger partial charge in [0.05, 0.1) is 6.33 Å². The molecule has 0 saturated heterocycles. The topological polar surface area (TPSA) is 59.0 Å². The zero-order valence-corrected chi connectivity index (χ0v) is 7.45. The molecule has 0 unspecified atom stereocenters. The van der Waals surface area contributed by atoms with Gasteiger partial charge in [-0.15, -0.1) is 0 Å². The Labute approximate surface area is 78.0 Å². The van der Waals surface area contributed by atoms with E-state index in [1.807, 2.05) is 7.05 Å². The largest absolute Gasteiger partial charge is 0.421 e. The van der Waals surface area contributed by atoms with Crippen LogP contribution in [0.5, 0.6) is 0 Å². The number of imidazole rings is 1. The number of hydrogen-bond donors (Lipinski definition) is 2. The SMILES string of the molecule is [B]Nc1ncn(CCNC)c1C=O. The van der Waals surface area contributed by atoms with E-state index < -0.39 is 0 Å². The van der Waals surface area contributed by atoms with Gasteiger partial charge in [-0.1, -0.05) is 0 Å². The number of hydrogen-bond acceptors (Lipinski definition) is 4. The first-order chi connectivity index (χ1) is 6.33. The molecular weight excluding hydrogens is 167 g/mol. The van der Waals surface area contributed by atoms with E-state index in [2.05, 4.69) is 15.5 Å². The number of carbonyl (C=O) groups is 1. The fourth-order valence-corrected chi connectivity index (χ4v) is 1.04. The zero-order chi connectivity index (χ0) is 9.68. The Bertz CT molecular complexity index is 286. The molecule has 0 aromatic carbocycles. The summed E-state index contributed by atoms with van der Waals surface area (Å²) in [5.41, 5.74) is 0.470. The number of likely N-dealkylation sites (N-methyl/N-ethyl adjacent to an activating group) is 1. The summed E-state index contributed by atoms with van der Waals surface area (Å²) in [6.07, 6.45) is 2.31. The molecule has 0 fully saturated rings. The molecule has 0 aliphatic carbocycles. The van der Waals surface area contributed by atoms with Crippen LogP contribution in [0.4, 0.5) is 5.82 Å². The number of carbonyl (C=O) groups excluding carboxylic acids is 1. The van der Waals surface area contributed by atoms with Crippen molar-refractivity contribution >= 4 is 20.1 Å². The van der Waals surface area contributed by atoms with Gasteiger partial charge in [0.25, 0.3) is 0 Å². The van der Waals surface area contributed by atoms with E-state index in [9.17, 15) is 4.79 Å².